The number of alkyl halides is 1. The molecule has 1 heterocycles. The SMILES string of the molecule is Cn1cc(N)c(C(=O)NCCCCCl)n1. The van der Waals surface area contributed by atoms with Crippen molar-refractivity contribution >= 4 is 23.2 Å². The first-order valence-electron chi connectivity index (χ1n) is 4.78. The van der Waals surface area contributed by atoms with E-state index < -0.39 is 0 Å². The number of unbranched alkanes of at least 4 members (excludes halogenated alkanes) is 1. The summed E-state index contributed by atoms with van der Waals surface area (Å²) in [5.74, 6) is 0.379. The molecule has 0 radical (unpaired) electrons. The molecule has 0 aliphatic heterocycles. The van der Waals surface area contributed by atoms with E-state index in [1.807, 2.05) is 0 Å². The molecule has 0 unspecified atom stereocenters. The molecule has 0 fully saturated rings. The number of carbonyl (C=O) groups excluding carboxylic acids is 1. The van der Waals surface area contributed by atoms with Gasteiger partial charge < -0.3 is 11.1 Å². The summed E-state index contributed by atoms with van der Waals surface area (Å²) in [5.41, 5.74) is 6.28. The number of aromatic nitrogens is 2. The van der Waals surface area contributed by atoms with E-state index in [9.17, 15) is 4.79 Å². The highest BCUT2D eigenvalue weighted by atomic mass is 35.5. The number of nitrogens with two attached hydrogens (primary N) is 1. The van der Waals surface area contributed by atoms with Crippen LogP contribution in [0.3, 0.4) is 0 Å². The maximum atomic E-state index is 11.5. The molecule has 84 valence electrons. The van der Waals surface area contributed by atoms with E-state index in [0.717, 1.165) is 12.8 Å². The number of halogens is 1. The van der Waals surface area contributed by atoms with Gasteiger partial charge in [-0.15, -0.1) is 11.6 Å². The van der Waals surface area contributed by atoms with E-state index >= 15 is 0 Å². The number of anilines is 1. The summed E-state index contributed by atoms with van der Waals surface area (Å²) in [5, 5.41) is 6.70. The van der Waals surface area contributed by atoms with Crippen molar-refractivity contribution in [2.75, 3.05) is 18.2 Å². The highest BCUT2D eigenvalue weighted by molar-refractivity contribution is 6.17. The summed E-state index contributed by atoms with van der Waals surface area (Å²) in [6.07, 6.45) is 3.36. The minimum atomic E-state index is -0.234. The highest BCUT2D eigenvalue weighted by Crippen LogP contribution is 2.07. The molecular weight excluding hydrogens is 216 g/mol. The fourth-order valence-electron chi connectivity index (χ4n) is 1.19. The minimum absolute atomic E-state index is 0.234. The molecule has 0 atom stereocenters. The zero-order valence-corrected chi connectivity index (χ0v) is 9.42. The predicted molar refractivity (Wildman–Crippen MR) is 59.9 cm³/mol. The zero-order chi connectivity index (χ0) is 11.3. The third kappa shape index (κ3) is 3.43. The first kappa shape index (κ1) is 11.8. The Morgan fingerprint density at radius 3 is 2.93 bits per heavy atom. The van der Waals surface area contributed by atoms with Gasteiger partial charge in [0.25, 0.3) is 5.91 Å². The number of aryl methyl sites for hydroxylation is 1. The maximum Gasteiger partial charge on any atom is 0.273 e. The number of nitrogens with one attached hydrogen (secondary N) is 1. The Morgan fingerprint density at radius 1 is 1.67 bits per heavy atom. The van der Waals surface area contributed by atoms with Crippen LogP contribution in [0, 0.1) is 0 Å². The fraction of sp³-hybridized carbons (Fsp3) is 0.556. The van der Waals surface area contributed by atoms with Crippen LogP contribution in [0.2, 0.25) is 0 Å². The van der Waals surface area contributed by atoms with Crippen molar-refractivity contribution in [3.05, 3.63) is 11.9 Å². The Hall–Kier alpha value is -1.23. The predicted octanol–water partition coefficient (Wildman–Crippen LogP) is 0.751. The fourth-order valence-corrected chi connectivity index (χ4v) is 1.38. The van der Waals surface area contributed by atoms with Crippen molar-refractivity contribution in [1.29, 1.82) is 0 Å². The van der Waals surface area contributed by atoms with Gasteiger partial charge in [-0.2, -0.15) is 5.10 Å². The zero-order valence-electron chi connectivity index (χ0n) is 8.66. The molecule has 1 aromatic rings. The molecule has 15 heavy (non-hydrogen) atoms. The summed E-state index contributed by atoms with van der Waals surface area (Å²) >= 11 is 5.51. The van der Waals surface area contributed by atoms with Crippen LogP contribution < -0.4 is 11.1 Å². The molecule has 6 heteroatoms. The second-order valence-electron chi connectivity index (χ2n) is 3.26. The molecule has 1 aromatic heterocycles. The maximum absolute atomic E-state index is 11.5. The van der Waals surface area contributed by atoms with Gasteiger partial charge in [0.2, 0.25) is 0 Å². The van der Waals surface area contributed by atoms with Crippen LogP contribution in [0.25, 0.3) is 0 Å². The molecule has 5 nitrogen and oxygen atoms in total. The molecular formula is C9H15ClN4O. The average molecular weight is 231 g/mol. The van der Waals surface area contributed by atoms with Crippen LogP contribution in [0.4, 0.5) is 5.69 Å². The smallest absolute Gasteiger partial charge is 0.273 e. The van der Waals surface area contributed by atoms with Gasteiger partial charge in [-0.3, -0.25) is 9.48 Å². The summed E-state index contributed by atoms with van der Waals surface area (Å²) in [7, 11) is 1.72. The molecule has 0 aliphatic rings. The van der Waals surface area contributed by atoms with Gasteiger partial charge in [-0.05, 0) is 12.8 Å². The number of rotatable bonds is 5. The summed E-state index contributed by atoms with van der Waals surface area (Å²) < 4.78 is 1.52. The number of nitrogen functional groups attached to an aromatic ring is 1. The summed E-state index contributed by atoms with van der Waals surface area (Å²) in [4.78, 5) is 11.5. The van der Waals surface area contributed by atoms with Crippen LogP contribution in [0.1, 0.15) is 23.3 Å². The lowest BCUT2D eigenvalue weighted by Gasteiger charge is -2.02. The van der Waals surface area contributed by atoms with E-state index in [2.05, 4.69) is 10.4 Å². The molecule has 0 saturated heterocycles. The van der Waals surface area contributed by atoms with Crippen molar-refractivity contribution < 1.29 is 4.79 Å². The first-order valence-corrected chi connectivity index (χ1v) is 5.32. The van der Waals surface area contributed by atoms with Gasteiger partial charge in [-0.1, -0.05) is 0 Å². The molecule has 0 aliphatic carbocycles. The molecule has 0 aromatic carbocycles. The van der Waals surface area contributed by atoms with Gasteiger partial charge in [0.15, 0.2) is 5.69 Å². The number of hydrogen-bond acceptors (Lipinski definition) is 3. The van der Waals surface area contributed by atoms with Crippen LogP contribution in [0.5, 0.6) is 0 Å². The summed E-state index contributed by atoms with van der Waals surface area (Å²) in [6, 6.07) is 0. The van der Waals surface area contributed by atoms with Gasteiger partial charge in [-0.25, -0.2) is 0 Å². The van der Waals surface area contributed by atoms with Crippen molar-refractivity contribution in [3.8, 4) is 0 Å². The lowest BCUT2D eigenvalue weighted by molar-refractivity contribution is 0.0948. The monoisotopic (exact) mass is 230 g/mol. The Kier molecular flexibility index (Phi) is 4.42. The molecule has 0 spiro atoms. The summed E-state index contributed by atoms with van der Waals surface area (Å²) in [6.45, 7) is 0.599. The lowest BCUT2D eigenvalue weighted by atomic mass is 10.3. The topological polar surface area (TPSA) is 72.9 Å². The third-order valence-electron chi connectivity index (χ3n) is 1.92. The standard InChI is InChI=1S/C9H15ClN4O/c1-14-6-7(11)8(13-14)9(15)12-5-3-2-4-10/h6H,2-5,11H2,1H3,(H,12,15). The lowest BCUT2D eigenvalue weighted by Crippen LogP contribution is -2.25. The number of nitrogens with zero attached hydrogens (tertiary/aromatic N) is 2. The van der Waals surface area contributed by atoms with E-state index in [0.29, 0.717) is 18.1 Å². The van der Waals surface area contributed by atoms with Gasteiger partial charge in [0.05, 0.1) is 5.69 Å². The van der Waals surface area contributed by atoms with E-state index in [4.69, 9.17) is 17.3 Å². The number of amides is 1. The first-order chi connectivity index (χ1) is 7.15. The van der Waals surface area contributed by atoms with Gasteiger partial charge in [0, 0.05) is 25.7 Å². The average Bonchev–Trinajstić information content (AvgIpc) is 2.52. The van der Waals surface area contributed by atoms with Gasteiger partial charge in [0.1, 0.15) is 0 Å². The van der Waals surface area contributed by atoms with Gasteiger partial charge >= 0.3 is 0 Å². The molecule has 0 saturated carbocycles. The van der Waals surface area contributed by atoms with Crippen LogP contribution in [-0.2, 0) is 7.05 Å². The molecule has 3 N–H and O–H groups in total. The molecule has 1 amide bonds. The normalized spacial score (nSPS) is 10.3. The van der Waals surface area contributed by atoms with Crippen molar-refractivity contribution in [3.63, 3.8) is 0 Å². The van der Waals surface area contributed by atoms with E-state index in [-0.39, 0.29) is 11.6 Å². The molecule has 1 rings (SSSR count). The largest absolute Gasteiger partial charge is 0.396 e. The van der Waals surface area contributed by atoms with Crippen molar-refractivity contribution in [2.45, 2.75) is 12.8 Å². The van der Waals surface area contributed by atoms with Crippen LogP contribution >= 0.6 is 11.6 Å². The van der Waals surface area contributed by atoms with Crippen molar-refractivity contribution in [2.24, 2.45) is 7.05 Å². The molecule has 0 bridgehead atoms. The van der Waals surface area contributed by atoms with Crippen LogP contribution in [-0.4, -0.2) is 28.1 Å². The number of carbonyl (C=O) groups is 1. The quantitative estimate of drug-likeness (QED) is 0.579. The second kappa shape index (κ2) is 5.60. The Balaban J connectivity index is 2.43. The Bertz CT molecular complexity index is 337. The number of hydrogen-bond donors (Lipinski definition) is 2. The highest BCUT2D eigenvalue weighted by Gasteiger charge is 2.12. The van der Waals surface area contributed by atoms with Crippen molar-refractivity contribution in [1.82, 2.24) is 15.1 Å². The Labute approximate surface area is 93.6 Å². The van der Waals surface area contributed by atoms with E-state index in [1.165, 1.54) is 4.68 Å². The second-order valence-corrected chi connectivity index (χ2v) is 3.64. The minimum Gasteiger partial charge on any atom is -0.396 e. The van der Waals surface area contributed by atoms with Crippen LogP contribution in [0.15, 0.2) is 6.20 Å². The van der Waals surface area contributed by atoms with E-state index in [1.54, 1.807) is 13.2 Å². The third-order valence-corrected chi connectivity index (χ3v) is 2.19. The Morgan fingerprint density at radius 2 is 2.40 bits per heavy atom.